The number of ketones is 2. The maximum Gasteiger partial charge on any atom is 0.227 e. The molecule has 0 aromatic heterocycles. The number of hydrogen-bond donors (Lipinski definition) is 2. The molecule has 0 bridgehead atoms. The van der Waals surface area contributed by atoms with Gasteiger partial charge in [0.15, 0.2) is 11.6 Å². The fourth-order valence-electron chi connectivity index (χ4n) is 3.03. The number of anilines is 1. The Balaban J connectivity index is 2.51. The Morgan fingerprint density at radius 2 is 1.73 bits per heavy atom. The Bertz CT molecular complexity index is 645. The second-order valence-electron chi connectivity index (χ2n) is 7.39. The van der Waals surface area contributed by atoms with Crippen molar-refractivity contribution >= 4 is 23.2 Å². The molecule has 0 aliphatic heterocycles. The van der Waals surface area contributed by atoms with Crippen LogP contribution in [-0.2, 0) is 30.3 Å². The Labute approximate surface area is 179 Å². The van der Waals surface area contributed by atoms with Crippen LogP contribution in [0.2, 0.25) is 0 Å². The third-order valence-corrected chi connectivity index (χ3v) is 4.81. The topological polar surface area (TPSA) is 108 Å². The molecule has 1 unspecified atom stereocenters. The van der Waals surface area contributed by atoms with E-state index in [2.05, 4.69) is 12.2 Å². The second-order valence-corrected chi connectivity index (χ2v) is 7.39. The van der Waals surface area contributed by atoms with E-state index in [4.69, 9.17) is 15.2 Å². The van der Waals surface area contributed by atoms with E-state index in [0.29, 0.717) is 38.1 Å². The highest BCUT2D eigenvalue weighted by Gasteiger charge is 2.22. The van der Waals surface area contributed by atoms with Gasteiger partial charge in [0, 0.05) is 38.2 Å². The third-order valence-electron chi connectivity index (χ3n) is 4.81. The zero-order valence-electron chi connectivity index (χ0n) is 18.3. The first kappa shape index (κ1) is 25.9. The van der Waals surface area contributed by atoms with Gasteiger partial charge in [0.2, 0.25) is 5.91 Å². The van der Waals surface area contributed by atoms with Crippen molar-refractivity contribution in [3.63, 3.8) is 0 Å². The number of benzene rings is 1. The average Bonchev–Trinajstić information content (AvgIpc) is 2.74. The molecule has 0 saturated carbocycles. The van der Waals surface area contributed by atoms with Crippen LogP contribution in [0.4, 0.5) is 5.69 Å². The Kier molecular flexibility index (Phi) is 13.6. The molecule has 0 radical (unpaired) electrons. The van der Waals surface area contributed by atoms with E-state index in [9.17, 15) is 14.4 Å². The molecule has 1 amide bonds. The quantitative estimate of drug-likeness (QED) is 0.375. The molecule has 3 N–H and O–H groups in total. The fourth-order valence-corrected chi connectivity index (χ4v) is 3.03. The number of carbonyl (C=O) groups is 3. The van der Waals surface area contributed by atoms with Crippen LogP contribution in [-0.4, -0.2) is 50.9 Å². The molecule has 1 aromatic rings. The van der Waals surface area contributed by atoms with Crippen molar-refractivity contribution in [1.82, 2.24) is 0 Å². The Morgan fingerprint density at radius 3 is 2.37 bits per heavy atom. The van der Waals surface area contributed by atoms with Crippen LogP contribution in [0.25, 0.3) is 0 Å². The van der Waals surface area contributed by atoms with E-state index in [1.54, 1.807) is 7.11 Å². The summed E-state index contributed by atoms with van der Waals surface area (Å²) in [5, 5.41) is 2.90. The van der Waals surface area contributed by atoms with Gasteiger partial charge in [-0.25, -0.2) is 0 Å². The molecule has 0 aliphatic carbocycles. The molecule has 1 aromatic carbocycles. The van der Waals surface area contributed by atoms with Crippen LogP contribution < -0.4 is 11.1 Å². The monoisotopic (exact) mass is 420 g/mol. The molecule has 0 heterocycles. The van der Waals surface area contributed by atoms with Gasteiger partial charge in [-0.05, 0) is 49.9 Å². The summed E-state index contributed by atoms with van der Waals surface area (Å²) in [4.78, 5) is 36.7. The summed E-state index contributed by atoms with van der Waals surface area (Å²) >= 11 is 0. The van der Waals surface area contributed by atoms with Gasteiger partial charge in [0.25, 0.3) is 0 Å². The van der Waals surface area contributed by atoms with E-state index >= 15 is 0 Å². The highest BCUT2D eigenvalue weighted by atomic mass is 16.5. The predicted molar refractivity (Wildman–Crippen MR) is 117 cm³/mol. The van der Waals surface area contributed by atoms with E-state index in [1.165, 1.54) is 5.56 Å². The van der Waals surface area contributed by atoms with Gasteiger partial charge in [-0.15, -0.1) is 0 Å². The molecule has 1 atom stereocenters. The minimum atomic E-state index is -0.448. The lowest BCUT2D eigenvalue weighted by atomic mass is 9.95. The summed E-state index contributed by atoms with van der Waals surface area (Å²) in [6.07, 6.45) is 4.17. The van der Waals surface area contributed by atoms with Crippen LogP contribution in [0, 0.1) is 5.92 Å². The number of amides is 1. The number of Topliss-reactive ketones (excluding diaryl/α,β-unsaturated/α-hetero) is 2. The lowest BCUT2D eigenvalue weighted by Crippen LogP contribution is -2.27. The number of hydrogen-bond acceptors (Lipinski definition) is 6. The van der Waals surface area contributed by atoms with Gasteiger partial charge in [-0.3, -0.25) is 14.4 Å². The van der Waals surface area contributed by atoms with Crippen molar-refractivity contribution in [2.24, 2.45) is 11.7 Å². The largest absolute Gasteiger partial charge is 0.385 e. The van der Waals surface area contributed by atoms with Crippen molar-refractivity contribution in [2.45, 2.75) is 51.9 Å². The van der Waals surface area contributed by atoms with E-state index in [0.717, 1.165) is 19.3 Å². The summed E-state index contributed by atoms with van der Waals surface area (Å²) < 4.78 is 10.1. The molecule has 0 saturated heterocycles. The minimum Gasteiger partial charge on any atom is -0.385 e. The maximum absolute atomic E-state index is 12.7. The van der Waals surface area contributed by atoms with Gasteiger partial charge in [0.1, 0.15) is 13.2 Å². The number of rotatable bonds is 17. The van der Waals surface area contributed by atoms with E-state index < -0.39 is 5.92 Å². The lowest BCUT2D eigenvalue weighted by Gasteiger charge is -2.16. The van der Waals surface area contributed by atoms with Crippen molar-refractivity contribution in [3.8, 4) is 0 Å². The fraction of sp³-hybridized carbons (Fsp3) is 0.609. The first-order valence-corrected chi connectivity index (χ1v) is 10.7. The maximum atomic E-state index is 12.7. The summed E-state index contributed by atoms with van der Waals surface area (Å²) in [7, 11) is 1.58. The highest BCUT2D eigenvalue weighted by Crippen LogP contribution is 2.18. The zero-order valence-corrected chi connectivity index (χ0v) is 18.3. The van der Waals surface area contributed by atoms with Crippen LogP contribution in [0.5, 0.6) is 0 Å². The van der Waals surface area contributed by atoms with Crippen molar-refractivity contribution < 1.29 is 23.9 Å². The van der Waals surface area contributed by atoms with Gasteiger partial charge in [0.05, 0.1) is 0 Å². The highest BCUT2D eigenvalue weighted by molar-refractivity contribution is 5.95. The van der Waals surface area contributed by atoms with Gasteiger partial charge >= 0.3 is 0 Å². The molecule has 1 rings (SSSR count). The molecule has 7 heteroatoms. The molecule has 0 spiro atoms. The number of ether oxygens (including phenoxy) is 2. The summed E-state index contributed by atoms with van der Waals surface area (Å²) in [5.41, 5.74) is 7.46. The number of nitrogens with one attached hydrogen (secondary N) is 1. The Morgan fingerprint density at radius 1 is 1.03 bits per heavy atom. The number of unbranched alkanes of at least 4 members (excludes halogenated alkanes) is 1. The number of aryl methyl sites for hydroxylation is 1. The zero-order chi connectivity index (χ0) is 22.2. The van der Waals surface area contributed by atoms with Crippen LogP contribution in [0.15, 0.2) is 24.3 Å². The lowest BCUT2D eigenvalue weighted by molar-refractivity contribution is -0.132. The number of carbonyl (C=O) groups excluding carboxylic acids is 3. The van der Waals surface area contributed by atoms with Crippen molar-refractivity contribution in [3.05, 3.63) is 29.8 Å². The molecule has 30 heavy (non-hydrogen) atoms. The predicted octanol–water partition coefficient (Wildman–Crippen LogP) is 2.90. The first-order valence-electron chi connectivity index (χ1n) is 10.7. The molecule has 0 fully saturated rings. The summed E-state index contributed by atoms with van der Waals surface area (Å²) in [5.74, 6) is -0.877. The normalized spacial score (nSPS) is 11.8. The van der Waals surface area contributed by atoms with E-state index in [1.807, 2.05) is 24.3 Å². The number of methoxy groups -OCH3 is 1. The average molecular weight is 421 g/mol. The molecule has 7 nitrogen and oxygen atoms in total. The molecule has 168 valence electrons. The standard InChI is InChI=1S/C23H36N2O5/c1-3-18-9-11-20(12-10-18)25-23(28)19(7-4-5-13-24)15-22(27)17-30-16-21(26)8-6-14-29-2/h9-12,19H,3-8,13-17,24H2,1-2H3,(H,25,28). The molecular formula is C23H36N2O5. The van der Waals surface area contributed by atoms with Crippen LogP contribution in [0.3, 0.4) is 0 Å². The van der Waals surface area contributed by atoms with Gasteiger partial charge in [-0.2, -0.15) is 0 Å². The second kappa shape index (κ2) is 15.7. The smallest absolute Gasteiger partial charge is 0.227 e. The van der Waals surface area contributed by atoms with E-state index in [-0.39, 0.29) is 37.1 Å². The van der Waals surface area contributed by atoms with Crippen molar-refractivity contribution in [1.29, 1.82) is 0 Å². The van der Waals surface area contributed by atoms with Crippen LogP contribution >= 0.6 is 0 Å². The Hall–Kier alpha value is -2.09. The third kappa shape index (κ3) is 11.2. The van der Waals surface area contributed by atoms with Gasteiger partial charge in [-0.1, -0.05) is 25.5 Å². The number of nitrogens with two attached hydrogens (primary N) is 1. The summed E-state index contributed by atoms with van der Waals surface area (Å²) in [6, 6.07) is 7.69. The van der Waals surface area contributed by atoms with Gasteiger partial charge < -0.3 is 20.5 Å². The molecular weight excluding hydrogens is 384 g/mol. The first-order chi connectivity index (χ1) is 14.5. The molecule has 0 aliphatic rings. The van der Waals surface area contributed by atoms with Crippen LogP contribution in [0.1, 0.15) is 51.0 Å². The SMILES string of the molecule is CCc1ccc(NC(=O)C(CCCCN)CC(=O)COCC(=O)CCCOC)cc1. The minimum absolute atomic E-state index is 0.0624. The van der Waals surface area contributed by atoms with Crippen molar-refractivity contribution in [2.75, 3.05) is 38.8 Å². The summed E-state index contributed by atoms with van der Waals surface area (Å²) in [6.45, 7) is 2.88.